The van der Waals surface area contributed by atoms with Gasteiger partial charge in [-0.1, -0.05) is 48.5 Å². The number of aliphatic carboxylic acids is 1. The van der Waals surface area contributed by atoms with E-state index in [1.165, 1.54) is 6.92 Å². The van der Waals surface area contributed by atoms with Crippen LogP contribution in [-0.4, -0.2) is 23.6 Å². The molecule has 0 aliphatic carbocycles. The van der Waals surface area contributed by atoms with Crippen molar-refractivity contribution < 1.29 is 19.4 Å². The molecule has 0 saturated carbocycles. The van der Waals surface area contributed by atoms with Crippen molar-refractivity contribution in [3.05, 3.63) is 65.7 Å². The summed E-state index contributed by atoms with van der Waals surface area (Å²) < 4.78 is 5.62. The summed E-state index contributed by atoms with van der Waals surface area (Å²) in [6.45, 7) is 2.07. The maximum absolute atomic E-state index is 12.6. The summed E-state index contributed by atoms with van der Waals surface area (Å²) in [5.74, 6) is -0.538. The number of ether oxygens (including phenoxy) is 1. The maximum Gasteiger partial charge on any atom is 0.333 e. The van der Waals surface area contributed by atoms with Crippen molar-refractivity contribution in [1.82, 2.24) is 5.32 Å². The normalized spacial score (nSPS) is 18.4. The smallest absolute Gasteiger partial charge is 0.333 e. The van der Waals surface area contributed by atoms with Crippen molar-refractivity contribution in [3.8, 4) is 5.75 Å². The van der Waals surface area contributed by atoms with Gasteiger partial charge >= 0.3 is 5.97 Å². The molecule has 5 nitrogen and oxygen atoms in total. The van der Waals surface area contributed by atoms with Crippen LogP contribution >= 0.6 is 0 Å². The molecule has 25 heavy (non-hydrogen) atoms. The molecule has 0 spiro atoms. The first-order valence-electron chi connectivity index (χ1n) is 8.32. The van der Waals surface area contributed by atoms with E-state index in [9.17, 15) is 14.7 Å². The van der Waals surface area contributed by atoms with Crippen molar-refractivity contribution in [2.45, 2.75) is 31.2 Å². The number of hydrogen-bond donors (Lipinski definition) is 2. The molecule has 1 amide bonds. The van der Waals surface area contributed by atoms with Crippen LogP contribution in [0.4, 0.5) is 0 Å². The molecule has 0 bridgehead atoms. The molecule has 1 aliphatic heterocycles. The van der Waals surface area contributed by atoms with Crippen molar-refractivity contribution in [2.75, 3.05) is 6.61 Å². The van der Waals surface area contributed by atoms with Crippen molar-refractivity contribution in [2.24, 2.45) is 0 Å². The number of nitrogens with one attached hydrogen (secondary N) is 1. The van der Waals surface area contributed by atoms with E-state index in [0.29, 0.717) is 12.2 Å². The Morgan fingerprint density at radius 3 is 2.56 bits per heavy atom. The molecule has 0 radical (unpaired) electrons. The second-order valence-corrected chi connectivity index (χ2v) is 6.42. The summed E-state index contributed by atoms with van der Waals surface area (Å²) in [5, 5.41) is 12.4. The Morgan fingerprint density at radius 2 is 1.84 bits per heavy atom. The van der Waals surface area contributed by atoms with Crippen LogP contribution in [0.15, 0.2) is 54.6 Å². The fourth-order valence-corrected chi connectivity index (χ4v) is 3.20. The Balaban J connectivity index is 1.77. The topological polar surface area (TPSA) is 75.6 Å². The summed E-state index contributed by atoms with van der Waals surface area (Å²) in [7, 11) is 0. The lowest BCUT2D eigenvalue weighted by Crippen LogP contribution is -2.49. The molecule has 2 atom stereocenters. The van der Waals surface area contributed by atoms with Crippen LogP contribution in [0.5, 0.6) is 5.75 Å². The molecule has 3 rings (SSSR count). The van der Waals surface area contributed by atoms with Gasteiger partial charge in [0.1, 0.15) is 5.75 Å². The third-order valence-corrected chi connectivity index (χ3v) is 4.68. The van der Waals surface area contributed by atoms with E-state index in [1.54, 1.807) is 24.3 Å². The summed E-state index contributed by atoms with van der Waals surface area (Å²) >= 11 is 0. The molecular formula is C20H21NO4. The SMILES string of the molecule is CC(NC(=O)CC1CCOc2ccccc21)(C(=O)O)c1ccccc1. The summed E-state index contributed by atoms with van der Waals surface area (Å²) in [5.41, 5.74) is 0.0899. The number of hydrogen-bond acceptors (Lipinski definition) is 3. The number of carbonyl (C=O) groups excluding carboxylic acids is 1. The third kappa shape index (κ3) is 3.50. The fraction of sp³-hybridized carbons (Fsp3) is 0.300. The van der Waals surface area contributed by atoms with Crippen LogP contribution < -0.4 is 10.1 Å². The Bertz CT molecular complexity index is 774. The van der Waals surface area contributed by atoms with Crippen molar-refractivity contribution in [1.29, 1.82) is 0 Å². The molecule has 2 aromatic carbocycles. The van der Waals surface area contributed by atoms with Gasteiger partial charge in [0, 0.05) is 6.42 Å². The van der Waals surface area contributed by atoms with E-state index in [0.717, 1.165) is 17.7 Å². The highest BCUT2D eigenvalue weighted by atomic mass is 16.5. The Labute approximate surface area is 146 Å². The molecule has 130 valence electrons. The van der Waals surface area contributed by atoms with E-state index in [4.69, 9.17) is 4.74 Å². The number of para-hydroxylation sites is 1. The highest BCUT2D eigenvalue weighted by Crippen LogP contribution is 2.35. The number of carboxylic acids is 1. The molecular weight excluding hydrogens is 318 g/mol. The van der Waals surface area contributed by atoms with Gasteiger partial charge in [-0.15, -0.1) is 0 Å². The minimum atomic E-state index is -1.46. The van der Waals surface area contributed by atoms with Crippen LogP contribution in [0.2, 0.25) is 0 Å². The zero-order chi connectivity index (χ0) is 17.9. The number of rotatable bonds is 5. The second kappa shape index (κ2) is 6.97. The molecule has 1 aliphatic rings. The van der Waals surface area contributed by atoms with Gasteiger partial charge in [-0.05, 0) is 36.5 Å². The molecule has 0 saturated heterocycles. The first-order chi connectivity index (χ1) is 12.0. The number of benzene rings is 2. The summed E-state index contributed by atoms with van der Waals surface area (Å²) in [6.07, 6.45) is 0.968. The summed E-state index contributed by atoms with van der Waals surface area (Å²) in [4.78, 5) is 24.4. The minimum absolute atomic E-state index is 0.0266. The second-order valence-electron chi connectivity index (χ2n) is 6.42. The number of carbonyl (C=O) groups is 2. The van der Waals surface area contributed by atoms with Gasteiger partial charge in [0.15, 0.2) is 5.54 Å². The highest BCUT2D eigenvalue weighted by Gasteiger charge is 2.37. The molecule has 0 fully saturated rings. The Morgan fingerprint density at radius 1 is 1.16 bits per heavy atom. The molecule has 5 heteroatoms. The van der Waals surface area contributed by atoms with E-state index >= 15 is 0 Å². The monoisotopic (exact) mass is 339 g/mol. The van der Waals surface area contributed by atoms with E-state index < -0.39 is 11.5 Å². The lowest BCUT2D eigenvalue weighted by atomic mass is 9.88. The maximum atomic E-state index is 12.6. The van der Waals surface area contributed by atoms with Crippen molar-refractivity contribution in [3.63, 3.8) is 0 Å². The first kappa shape index (κ1) is 17.0. The van der Waals surface area contributed by atoms with Crippen LogP contribution in [-0.2, 0) is 15.1 Å². The minimum Gasteiger partial charge on any atom is -0.493 e. The molecule has 2 unspecified atom stereocenters. The Hall–Kier alpha value is -2.82. The van der Waals surface area contributed by atoms with Gasteiger partial charge in [-0.25, -0.2) is 4.79 Å². The predicted octanol–water partition coefficient (Wildman–Crippen LogP) is 3.06. The molecule has 0 aromatic heterocycles. The van der Waals surface area contributed by atoms with Crippen LogP contribution in [0.3, 0.4) is 0 Å². The van der Waals surface area contributed by atoms with E-state index in [2.05, 4.69) is 5.32 Å². The van der Waals surface area contributed by atoms with Gasteiger partial charge in [-0.3, -0.25) is 4.79 Å². The highest BCUT2D eigenvalue weighted by molar-refractivity contribution is 5.88. The van der Waals surface area contributed by atoms with E-state index in [1.807, 2.05) is 30.3 Å². The zero-order valence-corrected chi connectivity index (χ0v) is 14.1. The Kier molecular flexibility index (Phi) is 4.74. The molecule has 1 heterocycles. The lowest BCUT2D eigenvalue weighted by Gasteiger charge is -2.29. The van der Waals surface area contributed by atoms with Gasteiger partial charge in [0.25, 0.3) is 0 Å². The number of amides is 1. The average molecular weight is 339 g/mol. The van der Waals surface area contributed by atoms with Crippen LogP contribution in [0.1, 0.15) is 36.8 Å². The zero-order valence-electron chi connectivity index (χ0n) is 14.1. The first-order valence-corrected chi connectivity index (χ1v) is 8.32. The van der Waals surface area contributed by atoms with Crippen molar-refractivity contribution >= 4 is 11.9 Å². The fourth-order valence-electron chi connectivity index (χ4n) is 3.20. The van der Waals surface area contributed by atoms with E-state index in [-0.39, 0.29) is 18.2 Å². The number of fused-ring (bicyclic) bond motifs is 1. The van der Waals surface area contributed by atoms with Gasteiger partial charge in [-0.2, -0.15) is 0 Å². The quantitative estimate of drug-likeness (QED) is 0.878. The number of carboxylic acid groups (broad SMARTS) is 1. The predicted molar refractivity (Wildman–Crippen MR) is 93.5 cm³/mol. The van der Waals surface area contributed by atoms with Crippen LogP contribution in [0.25, 0.3) is 0 Å². The van der Waals surface area contributed by atoms with Gasteiger partial charge in [0.05, 0.1) is 6.61 Å². The average Bonchev–Trinajstić information content (AvgIpc) is 2.62. The lowest BCUT2D eigenvalue weighted by molar-refractivity contribution is -0.147. The third-order valence-electron chi connectivity index (χ3n) is 4.68. The molecule has 2 aromatic rings. The van der Waals surface area contributed by atoms with Gasteiger partial charge in [0.2, 0.25) is 5.91 Å². The molecule has 2 N–H and O–H groups in total. The largest absolute Gasteiger partial charge is 0.493 e. The summed E-state index contributed by atoms with van der Waals surface area (Å²) in [6, 6.07) is 16.4. The van der Waals surface area contributed by atoms with Crippen LogP contribution in [0, 0.1) is 0 Å². The van der Waals surface area contributed by atoms with Gasteiger partial charge < -0.3 is 15.2 Å². The standard InChI is InChI=1S/C20H21NO4/c1-20(19(23)24,15-7-3-2-4-8-15)21-18(22)13-14-11-12-25-17-10-6-5-9-16(14)17/h2-10,14H,11-13H2,1H3,(H,21,22)(H,23,24).